The highest BCUT2D eigenvalue weighted by Crippen LogP contribution is 2.36. The molecule has 2 aromatic rings. The number of carbonyl (C=O) groups is 3. The summed E-state index contributed by atoms with van der Waals surface area (Å²) in [5.41, 5.74) is 0.948. The van der Waals surface area contributed by atoms with Gasteiger partial charge in [0, 0.05) is 25.9 Å². The van der Waals surface area contributed by atoms with Gasteiger partial charge in [-0.2, -0.15) is 0 Å². The molecule has 2 aromatic carbocycles. The second-order valence-corrected chi connectivity index (χ2v) is 7.24. The molecule has 0 bridgehead atoms. The summed E-state index contributed by atoms with van der Waals surface area (Å²) in [6.45, 7) is 2.32. The molecule has 1 saturated heterocycles. The third-order valence-electron chi connectivity index (χ3n) is 5.17. The number of phenols is 1. The Morgan fingerprint density at radius 2 is 1.79 bits per heavy atom. The Bertz CT molecular complexity index is 864. The maximum atomic E-state index is 12.8. The third-order valence-corrected chi connectivity index (χ3v) is 5.17. The first kappa shape index (κ1) is 19.6. The number of aromatic hydroxyl groups is 1. The molecule has 6 nitrogen and oxygen atoms in total. The van der Waals surface area contributed by atoms with Gasteiger partial charge in [-0.1, -0.05) is 42.5 Å². The summed E-state index contributed by atoms with van der Waals surface area (Å²) < 4.78 is 0. The van der Waals surface area contributed by atoms with Crippen molar-refractivity contribution in [3.8, 4) is 5.75 Å². The lowest BCUT2D eigenvalue weighted by atomic mass is 9.81. The summed E-state index contributed by atoms with van der Waals surface area (Å²) in [6, 6.07) is 16.1. The van der Waals surface area contributed by atoms with E-state index in [-0.39, 0.29) is 42.9 Å². The molecule has 3 amide bonds. The van der Waals surface area contributed by atoms with Crippen LogP contribution in [0.4, 0.5) is 0 Å². The minimum atomic E-state index is -0.867. The monoisotopic (exact) mass is 380 g/mol. The van der Waals surface area contributed by atoms with E-state index < -0.39 is 5.41 Å². The fraction of sp³-hybridized carbons (Fsp3) is 0.318. The number of likely N-dealkylation sites (tertiary alicyclic amines) is 1. The minimum absolute atomic E-state index is 0.0813. The number of nitrogens with one attached hydrogen (secondary N) is 1. The van der Waals surface area contributed by atoms with E-state index in [0.29, 0.717) is 13.0 Å². The first-order valence-corrected chi connectivity index (χ1v) is 9.35. The summed E-state index contributed by atoms with van der Waals surface area (Å²) in [7, 11) is 0. The number of imide groups is 1. The van der Waals surface area contributed by atoms with Gasteiger partial charge in [-0.3, -0.25) is 19.3 Å². The Balaban J connectivity index is 1.50. The fourth-order valence-electron chi connectivity index (χ4n) is 3.45. The molecule has 1 atom stereocenters. The van der Waals surface area contributed by atoms with Gasteiger partial charge >= 0.3 is 0 Å². The van der Waals surface area contributed by atoms with E-state index in [1.807, 2.05) is 30.3 Å². The van der Waals surface area contributed by atoms with E-state index in [2.05, 4.69) is 5.32 Å². The van der Waals surface area contributed by atoms with E-state index in [1.165, 1.54) is 4.90 Å². The molecule has 0 saturated carbocycles. The largest absolute Gasteiger partial charge is 0.508 e. The van der Waals surface area contributed by atoms with Gasteiger partial charge in [-0.15, -0.1) is 0 Å². The number of rotatable bonds is 7. The zero-order chi connectivity index (χ0) is 20.1. The molecule has 0 aromatic heterocycles. The van der Waals surface area contributed by atoms with Crippen LogP contribution in [0.2, 0.25) is 0 Å². The number of amides is 3. The summed E-state index contributed by atoms with van der Waals surface area (Å²) in [4.78, 5) is 38.5. The van der Waals surface area contributed by atoms with Gasteiger partial charge in [0.2, 0.25) is 17.7 Å². The zero-order valence-electron chi connectivity index (χ0n) is 15.9. The molecule has 1 aliphatic heterocycles. The van der Waals surface area contributed by atoms with Crippen LogP contribution in [-0.4, -0.2) is 40.8 Å². The summed E-state index contributed by atoms with van der Waals surface area (Å²) in [5.74, 6) is -0.489. The summed E-state index contributed by atoms with van der Waals surface area (Å²) >= 11 is 0. The van der Waals surface area contributed by atoms with Crippen LogP contribution in [0.1, 0.15) is 30.9 Å². The van der Waals surface area contributed by atoms with E-state index in [9.17, 15) is 19.5 Å². The maximum Gasteiger partial charge on any atom is 0.240 e. The van der Waals surface area contributed by atoms with Gasteiger partial charge in [-0.05, 0) is 36.6 Å². The van der Waals surface area contributed by atoms with E-state index >= 15 is 0 Å². The Hall–Kier alpha value is -3.15. The molecule has 28 heavy (non-hydrogen) atoms. The van der Waals surface area contributed by atoms with Crippen molar-refractivity contribution < 1.29 is 19.5 Å². The lowest BCUT2D eigenvalue weighted by molar-refractivity contribution is -0.140. The van der Waals surface area contributed by atoms with Gasteiger partial charge in [0.15, 0.2) is 0 Å². The van der Waals surface area contributed by atoms with Crippen molar-refractivity contribution in [2.24, 2.45) is 0 Å². The molecule has 0 unspecified atom stereocenters. The molecule has 0 spiro atoms. The van der Waals surface area contributed by atoms with Gasteiger partial charge in [0.25, 0.3) is 0 Å². The Labute approximate surface area is 164 Å². The van der Waals surface area contributed by atoms with Crippen LogP contribution in [0.25, 0.3) is 0 Å². The molecule has 1 fully saturated rings. The van der Waals surface area contributed by atoms with E-state index in [0.717, 1.165) is 11.1 Å². The van der Waals surface area contributed by atoms with Crippen LogP contribution in [-0.2, 0) is 26.2 Å². The number of phenolic OH excluding ortho intramolecular Hbond substituents is 1. The second-order valence-electron chi connectivity index (χ2n) is 7.24. The highest BCUT2D eigenvalue weighted by atomic mass is 16.3. The quantitative estimate of drug-likeness (QED) is 0.721. The predicted molar refractivity (Wildman–Crippen MR) is 105 cm³/mol. The smallest absolute Gasteiger partial charge is 0.240 e. The second kappa shape index (κ2) is 8.25. The standard InChI is InChI=1S/C22H24N2O4/c1-22(17-5-3-2-4-6-17)15-20(27)24(21(22)28)14-12-19(26)23-13-11-16-7-9-18(25)10-8-16/h2-10,25H,11-15H2,1H3,(H,23,26)/t22-/m1/s1. The number of hydrogen-bond acceptors (Lipinski definition) is 4. The molecule has 6 heteroatoms. The van der Waals surface area contributed by atoms with E-state index in [1.54, 1.807) is 31.2 Å². The first-order chi connectivity index (χ1) is 13.4. The van der Waals surface area contributed by atoms with Crippen LogP contribution in [0.3, 0.4) is 0 Å². The Morgan fingerprint density at radius 1 is 1.11 bits per heavy atom. The van der Waals surface area contributed by atoms with Crippen molar-refractivity contribution in [3.63, 3.8) is 0 Å². The van der Waals surface area contributed by atoms with Crippen molar-refractivity contribution in [1.82, 2.24) is 10.2 Å². The van der Waals surface area contributed by atoms with Crippen molar-refractivity contribution in [3.05, 3.63) is 65.7 Å². The third kappa shape index (κ3) is 4.22. The molecule has 0 radical (unpaired) electrons. The Kier molecular flexibility index (Phi) is 5.78. The van der Waals surface area contributed by atoms with Crippen LogP contribution in [0.5, 0.6) is 5.75 Å². The summed E-state index contributed by atoms with van der Waals surface area (Å²) in [5, 5.41) is 12.1. The molecular weight excluding hydrogens is 356 g/mol. The van der Waals surface area contributed by atoms with Gasteiger partial charge in [0.1, 0.15) is 5.75 Å². The molecule has 2 N–H and O–H groups in total. The summed E-state index contributed by atoms with van der Waals surface area (Å²) in [6.07, 6.45) is 0.843. The molecule has 0 aliphatic carbocycles. The maximum absolute atomic E-state index is 12.8. The molecule has 1 aliphatic rings. The zero-order valence-corrected chi connectivity index (χ0v) is 15.9. The van der Waals surface area contributed by atoms with Crippen molar-refractivity contribution in [2.75, 3.05) is 13.1 Å². The number of benzene rings is 2. The first-order valence-electron chi connectivity index (χ1n) is 9.35. The fourth-order valence-corrected chi connectivity index (χ4v) is 3.45. The number of nitrogens with zero attached hydrogens (tertiary/aromatic N) is 1. The topological polar surface area (TPSA) is 86.7 Å². The Morgan fingerprint density at radius 3 is 2.46 bits per heavy atom. The number of hydrogen-bond donors (Lipinski definition) is 2. The van der Waals surface area contributed by atoms with Crippen LogP contribution >= 0.6 is 0 Å². The lowest BCUT2D eigenvalue weighted by Gasteiger charge is -2.22. The van der Waals surface area contributed by atoms with Gasteiger partial charge < -0.3 is 10.4 Å². The van der Waals surface area contributed by atoms with Crippen molar-refractivity contribution >= 4 is 17.7 Å². The SMILES string of the molecule is C[C@]1(c2ccccc2)CC(=O)N(CCC(=O)NCCc2ccc(O)cc2)C1=O. The molecule has 146 valence electrons. The molecular formula is C22H24N2O4. The van der Waals surface area contributed by atoms with Crippen LogP contribution < -0.4 is 5.32 Å². The highest BCUT2D eigenvalue weighted by molar-refractivity contribution is 6.09. The average molecular weight is 380 g/mol. The normalized spacial score (nSPS) is 19.1. The van der Waals surface area contributed by atoms with Gasteiger partial charge in [0.05, 0.1) is 5.41 Å². The molecule has 1 heterocycles. The van der Waals surface area contributed by atoms with Crippen molar-refractivity contribution in [2.45, 2.75) is 31.6 Å². The van der Waals surface area contributed by atoms with E-state index in [4.69, 9.17) is 0 Å². The van der Waals surface area contributed by atoms with Crippen LogP contribution in [0.15, 0.2) is 54.6 Å². The molecule has 3 rings (SSSR count). The minimum Gasteiger partial charge on any atom is -0.508 e. The lowest BCUT2D eigenvalue weighted by Crippen LogP contribution is -2.39. The van der Waals surface area contributed by atoms with Crippen molar-refractivity contribution in [1.29, 1.82) is 0 Å². The predicted octanol–water partition coefficient (Wildman–Crippen LogP) is 2.16. The average Bonchev–Trinajstić information content (AvgIpc) is 2.92. The van der Waals surface area contributed by atoms with Gasteiger partial charge in [-0.25, -0.2) is 0 Å². The number of carbonyl (C=O) groups excluding carboxylic acids is 3. The highest BCUT2D eigenvalue weighted by Gasteiger charge is 2.48. The van der Waals surface area contributed by atoms with Crippen LogP contribution in [0, 0.1) is 0 Å².